The van der Waals surface area contributed by atoms with E-state index in [-0.39, 0.29) is 0 Å². The standard InChI is InChI=1S/C5H2F10O3S/c6-2(7,8)1-18-4(11,12)3(9,10)5(13,14)19(15,16)17/h1H2. The summed E-state index contributed by atoms with van der Waals surface area (Å²) >= 11 is 0. The van der Waals surface area contributed by atoms with Gasteiger partial charge in [-0.25, -0.2) is 0 Å². The second-order valence-electron chi connectivity index (χ2n) is 2.95. The summed E-state index contributed by atoms with van der Waals surface area (Å²) in [5.74, 6) is -7.06. The fraction of sp³-hybridized carbons (Fsp3) is 1.00. The van der Waals surface area contributed by atoms with Crippen molar-refractivity contribution in [2.45, 2.75) is 23.5 Å². The molecule has 0 spiro atoms. The first-order valence-corrected chi connectivity index (χ1v) is 5.12. The summed E-state index contributed by atoms with van der Waals surface area (Å²) in [5.41, 5.74) is 0. The molecule has 0 rings (SSSR count). The molecule has 0 aliphatic heterocycles. The average molecular weight is 332 g/mol. The Hall–Kier alpha value is -0.790. The maximum Gasteiger partial charge on any atom is 0.445 e. The smallest absolute Gasteiger partial charge is 0.306 e. The molecule has 0 heterocycles. The van der Waals surface area contributed by atoms with Gasteiger partial charge in [0, 0.05) is 0 Å². The van der Waals surface area contributed by atoms with E-state index in [0.29, 0.717) is 0 Å². The molecule has 0 fully saturated rings. The van der Waals surface area contributed by atoms with Crippen LogP contribution in [0.2, 0.25) is 0 Å². The third-order valence-corrected chi connectivity index (χ3v) is 2.32. The number of halogens is 10. The number of ether oxygens (including phenoxy) is 1. The highest BCUT2D eigenvalue weighted by atomic mass is 32.3. The lowest BCUT2D eigenvalue weighted by Gasteiger charge is -2.29. The normalized spacial score (nSPS) is 15.7. The molecule has 0 saturated carbocycles. The van der Waals surface area contributed by atoms with E-state index < -0.39 is 40.3 Å². The van der Waals surface area contributed by atoms with Crippen molar-refractivity contribution in [2.24, 2.45) is 0 Å². The molecule has 116 valence electrons. The minimum atomic E-state index is -7.52. The monoisotopic (exact) mass is 332 g/mol. The lowest BCUT2D eigenvalue weighted by atomic mass is 10.3. The highest BCUT2D eigenvalue weighted by Gasteiger charge is 2.79. The predicted molar refractivity (Wildman–Crippen MR) is 36.9 cm³/mol. The highest BCUT2D eigenvalue weighted by Crippen LogP contribution is 2.49. The topological polar surface area (TPSA) is 43.4 Å². The minimum absolute atomic E-state index is 2.22. The second kappa shape index (κ2) is 4.64. The molecular formula is C5H2F10O3S. The van der Waals surface area contributed by atoms with E-state index >= 15 is 0 Å². The van der Waals surface area contributed by atoms with E-state index in [2.05, 4.69) is 4.74 Å². The molecule has 0 radical (unpaired) electrons. The van der Waals surface area contributed by atoms with Gasteiger partial charge in [-0.3, -0.25) is 0 Å². The van der Waals surface area contributed by atoms with Crippen molar-refractivity contribution in [3.8, 4) is 0 Å². The maximum absolute atomic E-state index is 12.4. The molecule has 14 heteroatoms. The molecule has 0 amide bonds. The van der Waals surface area contributed by atoms with Crippen LogP contribution >= 0.6 is 0 Å². The summed E-state index contributed by atoms with van der Waals surface area (Å²) < 4.78 is 142. The van der Waals surface area contributed by atoms with Gasteiger partial charge < -0.3 is 4.74 Å². The number of hydrogen-bond donors (Lipinski definition) is 0. The third-order valence-electron chi connectivity index (χ3n) is 1.45. The van der Waals surface area contributed by atoms with Crippen LogP contribution in [0.1, 0.15) is 0 Å². The highest BCUT2D eigenvalue weighted by molar-refractivity contribution is 7.87. The second-order valence-corrected chi connectivity index (χ2v) is 4.34. The summed E-state index contributed by atoms with van der Waals surface area (Å²) in [4.78, 5) is 0. The zero-order valence-electron chi connectivity index (χ0n) is 8.12. The van der Waals surface area contributed by atoms with Crippen molar-refractivity contribution in [3.63, 3.8) is 0 Å². The van der Waals surface area contributed by atoms with Gasteiger partial charge in [0.2, 0.25) is 0 Å². The predicted octanol–water partition coefficient (Wildman–Crippen LogP) is 2.69. The van der Waals surface area contributed by atoms with Gasteiger partial charge >= 0.3 is 33.7 Å². The van der Waals surface area contributed by atoms with Gasteiger partial charge in [-0.2, -0.15) is 47.9 Å². The van der Waals surface area contributed by atoms with Gasteiger partial charge in [0.15, 0.2) is 0 Å². The maximum atomic E-state index is 12.4. The Balaban J connectivity index is 5.40. The molecule has 0 aromatic carbocycles. The van der Waals surface area contributed by atoms with E-state index in [1.54, 1.807) is 0 Å². The summed E-state index contributed by atoms with van der Waals surface area (Å²) in [6, 6.07) is 0. The molecule has 0 aliphatic carbocycles. The SMILES string of the molecule is O=S(=O)(F)C(F)(F)C(F)(F)C(F)(F)OCC(F)(F)F. The van der Waals surface area contributed by atoms with Crippen LogP contribution in [0.3, 0.4) is 0 Å². The summed E-state index contributed by atoms with van der Waals surface area (Å²) in [6.07, 6.45) is -12.2. The van der Waals surface area contributed by atoms with Crippen LogP contribution in [0.4, 0.5) is 43.4 Å². The molecule has 0 aromatic rings. The van der Waals surface area contributed by atoms with Crippen molar-refractivity contribution < 1.29 is 56.6 Å². The van der Waals surface area contributed by atoms with Crippen LogP contribution < -0.4 is 0 Å². The van der Waals surface area contributed by atoms with Crippen molar-refractivity contribution in [1.82, 2.24) is 0 Å². The minimum Gasteiger partial charge on any atom is -0.306 e. The fourth-order valence-corrected chi connectivity index (χ4v) is 1.01. The number of alkyl halides is 9. The Morgan fingerprint density at radius 2 is 1.21 bits per heavy atom. The van der Waals surface area contributed by atoms with Crippen LogP contribution in [0.25, 0.3) is 0 Å². The Bertz CT molecular complexity index is 423. The van der Waals surface area contributed by atoms with Crippen LogP contribution in [0.15, 0.2) is 0 Å². The molecule has 0 saturated heterocycles. The zero-order valence-corrected chi connectivity index (χ0v) is 8.94. The summed E-state index contributed by atoms with van der Waals surface area (Å²) in [5, 5.41) is -6.98. The van der Waals surface area contributed by atoms with Crippen molar-refractivity contribution in [2.75, 3.05) is 6.61 Å². The Kier molecular flexibility index (Phi) is 4.45. The van der Waals surface area contributed by atoms with Crippen LogP contribution in [0, 0.1) is 0 Å². The first kappa shape index (κ1) is 18.2. The Labute approximate surface area is 97.9 Å². The zero-order chi connectivity index (χ0) is 15.9. The van der Waals surface area contributed by atoms with Crippen molar-refractivity contribution in [3.05, 3.63) is 0 Å². The van der Waals surface area contributed by atoms with E-state index in [0.717, 1.165) is 0 Å². The largest absolute Gasteiger partial charge is 0.445 e. The lowest BCUT2D eigenvalue weighted by molar-refractivity contribution is -0.396. The van der Waals surface area contributed by atoms with E-state index in [9.17, 15) is 51.8 Å². The van der Waals surface area contributed by atoms with Gasteiger partial charge in [0.05, 0.1) is 0 Å². The first-order chi connectivity index (χ1) is 7.96. The van der Waals surface area contributed by atoms with Crippen LogP contribution in [-0.4, -0.2) is 38.5 Å². The van der Waals surface area contributed by atoms with Gasteiger partial charge in [-0.05, 0) is 0 Å². The fourth-order valence-electron chi connectivity index (χ4n) is 0.586. The molecule has 0 unspecified atom stereocenters. The number of rotatable bonds is 5. The van der Waals surface area contributed by atoms with E-state index in [1.165, 1.54) is 0 Å². The summed E-state index contributed by atoms with van der Waals surface area (Å²) in [7, 11) is -7.52. The first-order valence-electron chi connectivity index (χ1n) is 3.74. The molecule has 0 aliphatic rings. The van der Waals surface area contributed by atoms with Crippen molar-refractivity contribution >= 4 is 10.2 Å². The summed E-state index contributed by atoms with van der Waals surface area (Å²) in [6.45, 7) is -3.09. The Morgan fingerprint density at radius 3 is 1.47 bits per heavy atom. The van der Waals surface area contributed by atoms with Gasteiger partial charge in [-0.15, -0.1) is 0 Å². The van der Waals surface area contributed by atoms with Gasteiger partial charge in [-0.1, -0.05) is 3.89 Å². The quantitative estimate of drug-likeness (QED) is 0.574. The lowest BCUT2D eigenvalue weighted by Crippen LogP contribution is -2.58. The van der Waals surface area contributed by atoms with Crippen LogP contribution in [-0.2, 0) is 15.0 Å². The molecule has 3 nitrogen and oxygen atoms in total. The van der Waals surface area contributed by atoms with E-state index in [4.69, 9.17) is 0 Å². The van der Waals surface area contributed by atoms with Gasteiger partial charge in [0.25, 0.3) is 0 Å². The molecular weight excluding hydrogens is 330 g/mol. The molecule has 19 heavy (non-hydrogen) atoms. The van der Waals surface area contributed by atoms with Crippen LogP contribution in [0.5, 0.6) is 0 Å². The molecule has 0 N–H and O–H groups in total. The van der Waals surface area contributed by atoms with E-state index in [1.807, 2.05) is 0 Å². The molecule has 0 bridgehead atoms. The van der Waals surface area contributed by atoms with Gasteiger partial charge in [0.1, 0.15) is 6.61 Å². The van der Waals surface area contributed by atoms with Crippen molar-refractivity contribution in [1.29, 1.82) is 0 Å². The third kappa shape index (κ3) is 3.61. The number of hydrogen-bond acceptors (Lipinski definition) is 3. The average Bonchev–Trinajstić information content (AvgIpc) is 2.11. The molecule has 0 atom stereocenters. The molecule has 0 aromatic heterocycles. The Morgan fingerprint density at radius 1 is 0.842 bits per heavy atom.